The Morgan fingerprint density at radius 2 is 1.75 bits per heavy atom. The molecule has 20 heavy (non-hydrogen) atoms. The summed E-state index contributed by atoms with van der Waals surface area (Å²) >= 11 is 1.91. The molecule has 0 fully saturated rings. The van der Waals surface area contributed by atoms with E-state index in [1.165, 1.54) is 0 Å². The molecule has 0 spiro atoms. The average Bonchev–Trinajstić information content (AvgIpc) is 2.23. The number of halogens is 7. The summed E-state index contributed by atoms with van der Waals surface area (Å²) in [7, 11) is 0. The smallest absolute Gasteiger partial charge is 0.298 e. The van der Waals surface area contributed by atoms with Crippen LogP contribution in [0.3, 0.4) is 0 Å². The molecule has 1 unspecified atom stereocenters. The molecule has 0 heterocycles. The molecule has 0 N–H and O–H groups in total. The molecular formula is C11H7BrF6OS. The molecule has 1 aromatic rings. The first-order valence-corrected chi connectivity index (χ1v) is 6.77. The van der Waals surface area contributed by atoms with E-state index in [9.17, 15) is 31.1 Å². The van der Waals surface area contributed by atoms with E-state index >= 15 is 0 Å². The van der Waals surface area contributed by atoms with Crippen LogP contribution in [0.15, 0.2) is 23.1 Å². The lowest BCUT2D eigenvalue weighted by Gasteiger charge is -2.19. The second kappa shape index (κ2) is 5.97. The second-order valence-electron chi connectivity index (χ2n) is 3.74. The highest BCUT2D eigenvalue weighted by atomic mass is 79.9. The van der Waals surface area contributed by atoms with Gasteiger partial charge in [-0.1, -0.05) is 28.1 Å². The van der Waals surface area contributed by atoms with Crippen molar-refractivity contribution in [1.29, 1.82) is 0 Å². The van der Waals surface area contributed by atoms with E-state index in [1.807, 2.05) is 0 Å². The van der Waals surface area contributed by atoms with Crippen LogP contribution in [0.5, 0.6) is 0 Å². The molecule has 0 aliphatic rings. The molecule has 1 aromatic carbocycles. The van der Waals surface area contributed by atoms with Crippen molar-refractivity contribution in [3.63, 3.8) is 0 Å². The van der Waals surface area contributed by atoms with E-state index in [0.29, 0.717) is 0 Å². The van der Waals surface area contributed by atoms with Crippen molar-refractivity contribution in [2.75, 3.05) is 0 Å². The molecule has 9 heteroatoms. The van der Waals surface area contributed by atoms with Gasteiger partial charge in [0.05, 0.1) is 10.4 Å². The zero-order chi connectivity index (χ0) is 15.7. The summed E-state index contributed by atoms with van der Waals surface area (Å²) in [4.78, 5) is 8.89. The molecule has 0 amide bonds. The number of benzene rings is 1. The minimum absolute atomic E-state index is 0.528. The van der Waals surface area contributed by atoms with Gasteiger partial charge in [0.15, 0.2) is 0 Å². The number of hydrogen-bond acceptors (Lipinski definition) is 2. The van der Waals surface area contributed by atoms with Crippen molar-refractivity contribution in [3.8, 4) is 0 Å². The maximum atomic E-state index is 13.0. The summed E-state index contributed by atoms with van der Waals surface area (Å²) in [6.45, 7) is 1.04. The molecule has 0 saturated carbocycles. The molecule has 1 atom stereocenters. The van der Waals surface area contributed by atoms with Crippen LogP contribution in [0.4, 0.5) is 26.3 Å². The van der Waals surface area contributed by atoms with Crippen molar-refractivity contribution < 1.29 is 31.1 Å². The molecule has 0 aromatic heterocycles. The van der Waals surface area contributed by atoms with Gasteiger partial charge in [-0.2, -0.15) is 26.3 Å². The molecule has 0 radical (unpaired) electrons. The highest BCUT2D eigenvalue weighted by Crippen LogP contribution is 2.47. The van der Waals surface area contributed by atoms with Crippen molar-refractivity contribution in [2.24, 2.45) is 0 Å². The molecule has 0 aliphatic heterocycles. The quantitative estimate of drug-likeness (QED) is 0.399. The molecular weight excluding hydrogens is 374 g/mol. The van der Waals surface area contributed by atoms with Gasteiger partial charge in [0.25, 0.3) is 0 Å². The molecule has 0 bridgehead atoms. The summed E-state index contributed by atoms with van der Waals surface area (Å²) < 4.78 is 75.9. The van der Waals surface area contributed by atoms with Gasteiger partial charge in [0.1, 0.15) is 5.78 Å². The van der Waals surface area contributed by atoms with Crippen LogP contribution in [0, 0.1) is 0 Å². The molecule has 0 saturated heterocycles. The lowest BCUT2D eigenvalue weighted by Crippen LogP contribution is -2.15. The first kappa shape index (κ1) is 17.4. The Labute approximate surface area is 122 Å². The van der Waals surface area contributed by atoms with E-state index in [-0.39, 0.29) is 0 Å². The first-order chi connectivity index (χ1) is 8.93. The largest absolute Gasteiger partial charge is 0.446 e. The van der Waals surface area contributed by atoms with Crippen molar-refractivity contribution in [3.05, 3.63) is 29.3 Å². The Bertz CT molecular complexity index is 511. The fourth-order valence-corrected chi connectivity index (χ4v) is 2.60. The third-order valence-electron chi connectivity index (χ3n) is 2.20. The summed E-state index contributed by atoms with van der Waals surface area (Å²) in [5, 5.41) is 0. The van der Waals surface area contributed by atoms with Gasteiger partial charge in [-0.15, -0.1) is 0 Å². The van der Waals surface area contributed by atoms with Gasteiger partial charge in [0.2, 0.25) is 0 Å². The Balaban J connectivity index is 3.47. The zero-order valence-electron chi connectivity index (χ0n) is 9.77. The maximum Gasteiger partial charge on any atom is 0.446 e. The van der Waals surface area contributed by atoms with Crippen molar-refractivity contribution >= 4 is 33.5 Å². The van der Waals surface area contributed by atoms with Crippen molar-refractivity contribution in [1.82, 2.24) is 0 Å². The van der Waals surface area contributed by atoms with Crippen LogP contribution in [0.2, 0.25) is 0 Å². The average molecular weight is 381 g/mol. The number of alkyl halides is 7. The summed E-state index contributed by atoms with van der Waals surface area (Å²) in [6.07, 6.45) is -4.99. The van der Waals surface area contributed by atoms with Gasteiger partial charge in [0, 0.05) is 4.90 Å². The minimum Gasteiger partial charge on any atom is -0.298 e. The standard InChI is InChI=1S/C11H7BrF6OS/c1-5(19)9(12)6-3-2-4-7(20-11(16,17)18)8(6)10(13,14)15/h2-4,9H,1H3. The van der Waals surface area contributed by atoms with E-state index in [1.54, 1.807) is 0 Å². The molecule has 112 valence electrons. The second-order valence-corrected chi connectivity index (χ2v) is 5.76. The normalized spacial score (nSPS) is 14.2. The highest BCUT2D eigenvalue weighted by molar-refractivity contribution is 9.09. The fourth-order valence-electron chi connectivity index (χ4n) is 1.49. The number of carbonyl (C=O) groups excluding carboxylic acids is 1. The summed E-state index contributed by atoms with van der Waals surface area (Å²) in [5.41, 5.74) is -6.82. The van der Waals surface area contributed by atoms with Crippen molar-refractivity contribution in [2.45, 2.75) is 28.3 Å². The van der Waals surface area contributed by atoms with Crippen LogP contribution in [0.25, 0.3) is 0 Å². The Hall–Kier alpha value is -0.700. The van der Waals surface area contributed by atoms with Crippen LogP contribution >= 0.6 is 27.7 Å². The van der Waals surface area contributed by atoms with Crippen LogP contribution in [0.1, 0.15) is 22.9 Å². The SMILES string of the molecule is CC(=O)C(Br)c1cccc(SC(F)(F)F)c1C(F)(F)F. The number of Topliss-reactive ketones (excluding diaryl/α,β-unsaturated/α-hetero) is 1. The topological polar surface area (TPSA) is 17.1 Å². The van der Waals surface area contributed by atoms with Gasteiger partial charge >= 0.3 is 11.7 Å². The predicted molar refractivity (Wildman–Crippen MR) is 65.7 cm³/mol. The maximum absolute atomic E-state index is 13.0. The lowest BCUT2D eigenvalue weighted by molar-refractivity contribution is -0.140. The Morgan fingerprint density at radius 3 is 2.15 bits per heavy atom. The van der Waals surface area contributed by atoms with Gasteiger partial charge < -0.3 is 0 Å². The fraction of sp³-hybridized carbons (Fsp3) is 0.364. The van der Waals surface area contributed by atoms with E-state index in [4.69, 9.17) is 0 Å². The number of ketones is 1. The van der Waals surface area contributed by atoms with Crippen LogP contribution in [-0.2, 0) is 11.0 Å². The number of thioether (sulfide) groups is 1. The van der Waals surface area contributed by atoms with E-state index in [0.717, 1.165) is 25.1 Å². The third kappa shape index (κ3) is 4.41. The monoisotopic (exact) mass is 380 g/mol. The number of carbonyl (C=O) groups is 1. The third-order valence-corrected chi connectivity index (χ3v) is 4.13. The van der Waals surface area contributed by atoms with E-state index in [2.05, 4.69) is 15.9 Å². The van der Waals surface area contributed by atoms with Gasteiger partial charge in [-0.25, -0.2) is 0 Å². The Kier molecular flexibility index (Phi) is 5.18. The molecule has 0 aliphatic carbocycles. The van der Waals surface area contributed by atoms with Crippen LogP contribution in [-0.4, -0.2) is 11.3 Å². The summed E-state index contributed by atoms with van der Waals surface area (Å²) in [6, 6.07) is 2.75. The summed E-state index contributed by atoms with van der Waals surface area (Å²) in [5.74, 6) is -0.635. The zero-order valence-corrected chi connectivity index (χ0v) is 12.2. The van der Waals surface area contributed by atoms with Crippen LogP contribution < -0.4 is 0 Å². The van der Waals surface area contributed by atoms with Gasteiger partial charge in [-0.3, -0.25) is 4.79 Å². The highest BCUT2D eigenvalue weighted by Gasteiger charge is 2.41. The number of rotatable bonds is 3. The molecule has 1 nitrogen and oxygen atoms in total. The first-order valence-electron chi connectivity index (χ1n) is 5.04. The number of hydrogen-bond donors (Lipinski definition) is 0. The minimum atomic E-state index is -4.99. The predicted octanol–water partition coefficient (Wildman–Crippen LogP) is 5.34. The molecule has 1 rings (SSSR count). The lowest BCUT2D eigenvalue weighted by atomic mass is 10.0. The Morgan fingerprint density at radius 1 is 1.20 bits per heavy atom. The van der Waals surface area contributed by atoms with Gasteiger partial charge in [-0.05, 0) is 30.3 Å². The van der Waals surface area contributed by atoms with E-state index < -0.39 is 50.1 Å².